The summed E-state index contributed by atoms with van der Waals surface area (Å²) in [6, 6.07) is 10.6. The van der Waals surface area contributed by atoms with Gasteiger partial charge >= 0.3 is 0 Å². The van der Waals surface area contributed by atoms with E-state index in [4.69, 9.17) is 9.72 Å². The zero-order chi connectivity index (χ0) is 22.5. The summed E-state index contributed by atoms with van der Waals surface area (Å²) < 4.78 is 19.7. The van der Waals surface area contributed by atoms with Crippen LogP contribution in [-0.2, 0) is 9.53 Å². The molecule has 0 aliphatic carbocycles. The molecular formula is C24H28FN3O2S2. The normalized spacial score (nSPS) is 14.7. The average Bonchev–Trinajstić information content (AvgIpc) is 3.20. The number of aryl methyl sites for hydroxylation is 2. The molecule has 3 aromatic rings. The number of benzene rings is 2. The molecule has 32 heavy (non-hydrogen) atoms. The van der Waals surface area contributed by atoms with Crippen molar-refractivity contribution in [1.29, 1.82) is 0 Å². The molecule has 0 spiro atoms. The number of aromatic nitrogens is 1. The molecule has 0 N–H and O–H groups in total. The van der Waals surface area contributed by atoms with Gasteiger partial charge in [0.2, 0.25) is 5.91 Å². The molecule has 1 aliphatic rings. The van der Waals surface area contributed by atoms with E-state index in [2.05, 4.69) is 30.9 Å². The number of amides is 1. The number of thiazole rings is 1. The van der Waals surface area contributed by atoms with Gasteiger partial charge in [-0.25, -0.2) is 9.37 Å². The molecule has 8 heteroatoms. The summed E-state index contributed by atoms with van der Waals surface area (Å²) in [6.45, 7) is 8.83. The minimum atomic E-state index is -0.249. The highest BCUT2D eigenvalue weighted by atomic mass is 32.2. The predicted octanol–water partition coefficient (Wildman–Crippen LogP) is 4.90. The number of fused-ring (bicyclic) bond motifs is 1. The molecule has 2 aromatic carbocycles. The lowest BCUT2D eigenvalue weighted by atomic mass is 10.1. The number of anilines is 1. The van der Waals surface area contributed by atoms with E-state index in [9.17, 15) is 9.18 Å². The van der Waals surface area contributed by atoms with Crippen molar-refractivity contribution >= 4 is 44.4 Å². The topological polar surface area (TPSA) is 45.7 Å². The van der Waals surface area contributed by atoms with Crippen molar-refractivity contribution in [2.24, 2.45) is 0 Å². The molecule has 1 aliphatic heterocycles. The number of hydrogen-bond acceptors (Lipinski definition) is 6. The molecular weight excluding hydrogens is 445 g/mol. The van der Waals surface area contributed by atoms with Gasteiger partial charge in [0.1, 0.15) is 5.82 Å². The van der Waals surface area contributed by atoms with Gasteiger partial charge in [-0.3, -0.25) is 14.6 Å². The Labute approximate surface area is 196 Å². The van der Waals surface area contributed by atoms with Gasteiger partial charge in [0.25, 0.3) is 0 Å². The van der Waals surface area contributed by atoms with E-state index < -0.39 is 0 Å². The van der Waals surface area contributed by atoms with Crippen molar-refractivity contribution in [3.8, 4) is 0 Å². The maximum absolute atomic E-state index is 13.3. The summed E-state index contributed by atoms with van der Waals surface area (Å²) >= 11 is 3.16. The van der Waals surface area contributed by atoms with Crippen LogP contribution < -0.4 is 4.90 Å². The van der Waals surface area contributed by atoms with Crippen LogP contribution in [0.25, 0.3) is 10.2 Å². The van der Waals surface area contributed by atoms with Crippen molar-refractivity contribution in [3.05, 3.63) is 53.3 Å². The number of nitrogens with zero attached hydrogens (tertiary/aromatic N) is 3. The zero-order valence-corrected chi connectivity index (χ0v) is 20.1. The monoisotopic (exact) mass is 473 g/mol. The first-order chi connectivity index (χ1) is 15.5. The average molecular weight is 474 g/mol. The summed E-state index contributed by atoms with van der Waals surface area (Å²) in [4.78, 5) is 23.2. The van der Waals surface area contributed by atoms with E-state index in [1.165, 1.54) is 23.3 Å². The number of carbonyl (C=O) groups is 1. The van der Waals surface area contributed by atoms with E-state index in [0.29, 0.717) is 18.7 Å². The SMILES string of the molecule is Cc1cc(C)c2sc(N(CCN3CCOCC3)C(=O)CCSc3ccc(F)cc3)nc2c1. The van der Waals surface area contributed by atoms with Gasteiger partial charge in [0, 0.05) is 43.2 Å². The summed E-state index contributed by atoms with van der Waals surface area (Å²) in [5, 5.41) is 0.763. The van der Waals surface area contributed by atoms with E-state index in [1.807, 2.05) is 4.90 Å². The molecule has 0 radical (unpaired) electrons. The van der Waals surface area contributed by atoms with Crippen molar-refractivity contribution in [2.75, 3.05) is 50.0 Å². The van der Waals surface area contributed by atoms with Crippen LogP contribution in [0.4, 0.5) is 9.52 Å². The number of ether oxygens (including phenoxy) is 1. The molecule has 1 amide bonds. The van der Waals surface area contributed by atoms with E-state index in [-0.39, 0.29) is 11.7 Å². The van der Waals surface area contributed by atoms with Crippen molar-refractivity contribution in [3.63, 3.8) is 0 Å². The number of halogens is 1. The molecule has 5 nitrogen and oxygen atoms in total. The lowest BCUT2D eigenvalue weighted by molar-refractivity contribution is -0.118. The van der Waals surface area contributed by atoms with Gasteiger partial charge in [0.05, 0.1) is 23.4 Å². The highest BCUT2D eigenvalue weighted by Crippen LogP contribution is 2.32. The molecule has 170 valence electrons. The Bertz CT molecular complexity index is 1070. The van der Waals surface area contributed by atoms with Crippen LogP contribution in [0, 0.1) is 19.7 Å². The fraction of sp³-hybridized carbons (Fsp3) is 0.417. The number of thioether (sulfide) groups is 1. The standard InChI is InChI=1S/C24H28FN3O2S2/c1-17-15-18(2)23-21(16-17)26-24(32-23)28(9-8-27-10-12-30-13-11-27)22(29)7-14-31-20-5-3-19(25)4-6-20/h3-6,15-16H,7-14H2,1-2H3. The lowest BCUT2D eigenvalue weighted by Gasteiger charge is -2.29. The second kappa shape index (κ2) is 10.7. The maximum Gasteiger partial charge on any atom is 0.229 e. The highest BCUT2D eigenvalue weighted by molar-refractivity contribution is 7.99. The quantitative estimate of drug-likeness (QED) is 0.436. The van der Waals surface area contributed by atoms with Crippen LogP contribution in [0.5, 0.6) is 0 Å². The highest BCUT2D eigenvalue weighted by Gasteiger charge is 2.22. The second-order valence-corrected chi connectivity index (χ2v) is 10.1. The van der Waals surface area contributed by atoms with Crippen LogP contribution in [0.15, 0.2) is 41.3 Å². The maximum atomic E-state index is 13.3. The first-order valence-corrected chi connectivity index (χ1v) is 12.7. The van der Waals surface area contributed by atoms with E-state index >= 15 is 0 Å². The van der Waals surface area contributed by atoms with Crippen molar-refractivity contribution < 1.29 is 13.9 Å². The molecule has 0 unspecified atom stereocenters. The fourth-order valence-corrected chi connectivity index (χ4v) is 5.70. The number of rotatable bonds is 8. The number of hydrogen-bond donors (Lipinski definition) is 0. The molecule has 1 aromatic heterocycles. The molecule has 0 bridgehead atoms. The minimum absolute atomic E-state index is 0.0707. The third-order valence-corrected chi connectivity index (χ3v) is 7.73. The van der Waals surface area contributed by atoms with Crippen LogP contribution in [-0.4, -0.2) is 60.9 Å². The van der Waals surface area contributed by atoms with Gasteiger partial charge in [-0.15, -0.1) is 11.8 Å². The summed E-state index contributed by atoms with van der Waals surface area (Å²) in [7, 11) is 0. The Morgan fingerprint density at radius 1 is 1.22 bits per heavy atom. The smallest absolute Gasteiger partial charge is 0.229 e. The fourth-order valence-electron chi connectivity index (χ4n) is 3.80. The van der Waals surface area contributed by atoms with Crippen LogP contribution in [0.1, 0.15) is 17.5 Å². The van der Waals surface area contributed by atoms with Gasteiger partial charge in [0.15, 0.2) is 5.13 Å². The van der Waals surface area contributed by atoms with Gasteiger partial charge < -0.3 is 4.74 Å². The van der Waals surface area contributed by atoms with Crippen LogP contribution in [0.3, 0.4) is 0 Å². The molecule has 0 atom stereocenters. The molecule has 4 rings (SSSR count). The van der Waals surface area contributed by atoms with E-state index in [1.54, 1.807) is 35.2 Å². The zero-order valence-electron chi connectivity index (χ0n) is 18.5. The Kier molecular flexibility index (Phi) is 7.78. The molecule has 1 saturated heterocycles. The molecule has 1 fully saturated rings. The van der Waals surface area contributed by atoms with Crippen molar-refractivity contribution in [1.82, 2.24) is 9.88 Å². The predicted molar refractivity (Wildman–Crippen MR) is 130 cm³/mol. The summed E-state index contributed by atoms with van der Waals surface area (Å²) in [5.41, 5.74) is 3.32. The van der Waals surface area contributed by atoms with Crippen LogP contribution in [0.2, 0.25) is 0 Å². The van der Waals surface area contributed by atoms with Crippen molar-refractivity contribution in [2.45, 2.75) is 25.2 Å². The first kappa shape index (κ1) is 23.2. The second-order valence-electron chi connectivity index (χ2n) is 7.98. The Morgan fingerprint density at radius 2 is 1.97 bits per heavy atom. The van der Waals surface area contributed by atoms with E-state index in [0.717, 1.165) is 53.1 Å². The Hall–Kier alpha value is -2.00. The number of morpholine rings is 1. The number of carbonyl (C=O) groups excluding carboxylic acids is 1. The molecule has 2 heterocycles. The first-order valence-electron chi connectivity index (χ1n) is 10.9. The Balaban J connectivity index is 1.48. The largest absolute Gasteiger partial charge is 0.379 e. The Morgan fingerprint density at radius 3 is 2.72 bits per heavy atom. The summed E-state index contributed by atoms with van der Waals surface area (Å²) in [6.07, 6.45) is 0.402. The lowest BCUT2D eigenvalue weighted by Crippen LogP contribution is -2.43. The molecule has 0 saturated carbocycles. The summed E-state index contributed by atoms with van der Waals surface area (Å²) in [5.74, 6) is 0.462. The minimum Gasteiger partial charge on any atom is -0.379 e. The van der Waals surface area contributed by atoms with Gasteiger partial charge in [-0.05, 0) is 55.3 Å². The van der Waals surface area contributed by atoms with Crippen LogP contribution >= 0.6 is 23.1 Å². The van der Waals surface area contributed by atoms with Gasteiger partial charge in [-0.2, -0.15) is 0 Å². The van der Waals surface area contributed by atoms with Gasteiger partial charge in [-0.1, -0.05) is 17.4 Å². The third-order valence-electron chi connectivity index (χ3n) is 5.48. The third kappa shape index (κ3) is 5.86.